The summed E-state index contributed by atoms with van der Waals surface area (Å²) in [6.45, 7) is 26.5. The zero-order chi connectivity index (χ0) is 41.3. The van der Waals surface area contributed by atoms with Crippen LogP contribution in [-0.2, 0) is 23.1 Å². The molecule has 0 saturated carbocycles. The molecule has 2 aromatic rings. The van der Waals surface area contributed by atoms with E-state index in [1.807, 2.05) is 55.5 Å². The van der Waals surface area contributed by atoms with Crippen LogP contribution in [0.25, 0.3) is 0 Å². The lowest BCUT2D eigenvalue weighted by Gasteiger charge is -2.40. The van der Waals surface area contributed by atoms with Gasteiger partial charge in [0.05, 0.1) is 36.6 Å². The van der Waals surface area contributed by atoms with Gasteiger partial charge < -0.3 is 23.4 Å². The van der Waals surface area contributed by atoms with Crippen molar-refractivity contribution in [2.75, 3.05) is 6.61 Å². The highest BCUT2D eigenvalue weighted by molar-refractivity contribution is 6.74. The number of aliphatic hydroxyl groups excluding tert-OH is 1. The Kier molecular flexibility index (Phi) is 19.5. The summed E-state index contributed by atoms with van der Waals surface area (Å²) in [7, 11) is -4.38. The van der Waals surface area contributed by atoms with Crippen molar-refractivity contribution in [3.05, 3.63) is 120 Å². The average molecular weight is 791 g/mol. The first-order valence-electron chi connectivity index (χ1n) is 19.9. The summed E-state index contributed by atoms with van der Waals surface area (Å²) in [5.74, 6) is -0.656. The molecule has 0 spiro atoms. The van der Waals surface area contributed by atoms with Gasteiger partial charge in [-0.3, -0.25) is 0 Å². The number of hydrogen-bond acceptors (Lipinski definition) is 7. The van der Waals surface area contributed by atoms with E-state index in [0.29, 0.717) is 25.0 Å². The molecule has 2 rings (SSSR count). The molecule has 304 valence electrons. The van der Waals surface area contributed by atoms with Crippen LogP contribution in [0.15, 0.2) is 103 Å². The fourth-order valence-electron chi connectivity index (χ4n) is 5.21. The summed E-state index contributed by atoms with van der Waals surface area (Å²) in [5.41, 5.74) is 2.64. The van der Waals surface area contributed by atoms with Crippen molar-refractivity contribution in [1.29, 1.82) is 0 Å². The van der Waals surface area contributed by atoms with E-state index in [2.05, 4.69) is 98.1 Å². The fraction of sp³-hybridized carbons (Fsp3) is 0.522. The smallest absolute Gasteiger partial charge is 0.338 e. The molecule has 0 aliphatic carbocycles. The minimum atomic E-state index is -2.22. The highest BCUT2D eigenvalue weighted by Crippen LogP contribution is 2.43. The molecule has 0 aliphatic heterocycles. The summed E-state index contributed by atoms with van der Waals surface area (Å²) in [4.78, 5) is 24.1. The molecule has 0 heterocycles. The zero-order valence-electron chi connectivity index (χ0n) is 35.8. The Morgan fingerprint density at radius 2 is 1.36 bits per heavy atom. The Morgan fingerprint density at radius 1 is 0.782 bits per heavy atom. The first-order valence-corrected chi connectivity index (χ1v) is 25.7. The van der Waals surface area contributed by atoms with Crippen LogP contribution >= 0.6 is 0 Å². The second-order valence-electron chi connectivity index (χ2n) is 17.3. The molecule has 0 radical (unpaired) electrons. The molecule has 0 amide bonds. The Labute approximate surface area is 335 Å². The second-order valence-corrected chi connectivity index (χ2v) is 26.8. The highest BCUT2D eigenvalue weighted by atomic mass is 28.4. The molecule has 0 unspecified atom stereocenters. The van der Waals surface area contributed by atoms with Gasteiger partial charge in [-0.25, -0.2) is 9.59 Å². The maximum Gasteiger partial charge on any atom is 0.338 e. The quantitative estimate of drug-likeness (QED) is 0.0442. The molecule has 0 aromatic heterocycles. The van der Waals surface area contributed by atoms with Crippen molar-refractivity contribution < 1.29 is 33.0 Å². The van der Waals surface area contributed by atoms with Crippen molar-refractivity contribution >= 4 is 28.6 Å². The van der Waals surface area contributed by atoms with Crippen molar-refractivity contribution in [3.8, 4) is 0 Å². The van der Waals surface area contributed by atoms with Crippen LogP contribution in [0.4, 0.5) is 0 Å². The molecule has 0 bridgehead atoms. The average Bonchev–Trinajstić information content (AvgIpc) is 3.09. The molecule has 2 aromatic carbocycles. The maximum atomic E-state index is 12.3. The van der Waals surface area contributed by atoms with Crippen LogP contribution in [0.2, 0.25) is 36.3 Å². The third kappa shape index (κ3) is 17.1. The van der Waals surface area contributed by atoms with Gasteiger partial charge in [0.25, 0.3) is 0 Å². The number of rotatable bonds is 21. The van der Waals surface area contributed by atoms with E-state index in [0.717, 1.165) is 30.4 Å². The summed E-state index contributed by atoms with van der Waals surface area (Å²) >= 11 is 0. The number of benzene rings is 2. The SMILES string of the molecule is CCOC(=O)/C=C\C=C\C[C@H](O[Si](C)(C)C(C)(C)C)c1cccc([C@@H](C[C@@H](O)/C=C/C=C/CCC[C@@H](C)OC(=O)c2ccccc2)O[Si](C)(C)C(C)(C)C)c1. The lowest BCUT2D eigenvalue weighted by molar-refractivity contribution is -0.137. The molecule has 1 N–H and O–H groups in total. The summed E-state index contributed by atoms with van der Waals surface area (Å²) < 4.78 is 24.6. The Balaban J connectivity index is 2.22. The molecule has 55 heavy (non-hydrogen) atoms. The van der Waals surface area contributed by atoms with E-state index < -0.39 is 22.7 Å². The number of carbonyl (C=O) groups excluding carboxylic acids is 2. The van der Waals surface area contributed by atoms with Crippen LogP contribution in [-0.4, -0.2) is 52.5 Å². The van der Waals surface area contributed by atoms with Gasteiger partial charge in [0.2, 0.25) is 0 Å². The summed E-state index contributed by atoms with van der Waals surface area (Å²) in [5, 5.41) is 11.3. The van der Waals surface area contributed by atoms with Gasteiger partial charge in [0.1, 0.15) is 0 Å². The van der Waals surface area contributed by atoms with E-state index in [1.165, 1.54) is 6.08 Å². The van der Waals surface area contributed by atoms with Gasteiger partial charge in [-0.15, -0.1) is 0 Å². The topological polar surface area (TPSA) is 91.3 Å². The monoisotopic (exact) mass is 790 g/mol. The van der Waals surface area contributed by atoms with E-state index in [-0.39, 0.29) is 40.3 Å². The first kappa shape index (κ1) is 47.8. The molecular weight excluding hydrogens is 721 g/mol. The predicted octanol–water partition coefficient (Wildman–Crippen LogP) is 12.2. The van der Waals surface area contributed by atoms with Crippen molar-refractivity contribution in [2.24, 2.45) is 0 Å². The molecule has 7 nitrogen and oxygen atoms in total. The van der Waals surface area contributed by atoms with E-state index >= 15 is 0 Å². The largest absolute Gasteiger partial charge is 0.463 e. The molecule has 9 heteroatoms. The number of carbonyl (C=O) groups is 2. The molecular formula is C46H70O7Si2. The van der Waals surface area contributed by atoms with Gasteiger partial charge in [0.15, 0.2) is 16.6 Å². The lowest BCUT2D eigenvalue weighted by atomic mass is 9.98. The van der Waals surface area contributed by atoms with Crippen LogP contribution in [0, 0.1) is 0 Å². The van der Waals surface area contributed by atoms with Gasteiger partial charge in [-0.1, -0.05) is 127 Å². The minimum absolute atomic E-state index is 0.0143. The van der Waals surface area contributed by atoms with E-state index in [1.54, 1.807) is 25.1 Å². The standard InChI is InChI=1S/C46H70O7Si2/c1-13-50-43(48)33-24-18-23-32-41(52-54(9,10)45(3,4)5)38-29-25-30-39(34-38)42(53-55(11,12)46(6,7)8)35-40(47)31-22-16-14-15-19-26-36(2)51-44(49)37-27-20-17-21-28-37/h14,16-18,20-25,27-31,33-34,36,40-42,47H,13,15,19,26,32,35H2,1-12H3/b16-14+,23-18+,31-22+,33-24-/t36-,40+,41+,42-/m1/s1. The van der Waals surface area contributed by atoms with Gasteiger partial charge >= 0.3 is 11.9 Å². The number of aliphatic hydroxyl groups is 1. The number of hydrogen-bond donors (Lipinski definition) is 1. The number of allylic oxidation sites excluding steroid dienone is 5. The van der Waals surface area contributed by atoms with Crippen LogP contribution in [0.1, 0.15) is 121 Å². The van der Waals surface area contributed by atoms with Crippen molar-refractivity contribution in [1.82, 2.24) is 0 Å². The van der Waals surface area contributed by atoms with E-state index in [4.69, 9.17) is 18.3 Å². The molecule has 0 saturated heterocycles. The molecule has 0 fully saturated rings. The third-order valence-electron chi connectivity index (χ3n) is 10.6. The Bertz CT molecular complexity index is 1580. The maximum absolute atomic E-state index is 12.3. The van der Waals surface area contributed by atoms with Crippen LogP contribution in [0.5, 0.6) is 0 Å². The van der Waals surface area contributed by atoms with Crippen LogP contribution in [0.3, 0.4) is 0 Å². The van der Waals surface area contributed by atoms with Crippen molar-refractivity contribution in [2.45, 2.75) is 148 Å². The first-order chi connectivity index (χ1) is 25.7. The fourth-order valence-corrected chi connectivity index (χ4v) is 7.80. The number of unbranched alkanes of at least 4 members (excludes halogenated alkanes) is 1. The molecule has 4 atom stereocenters. The Morgan fingerprint density at radius 3 is 1.96 bits per heavy atom. The molecule has 0 aliphatic rings. The zero-order valence-corrected chi connectivity index (χ0v) is 37.8. The van der Waals surface area contributed by atoms with E-state index in [9.17, 15) is 14.7 Å². The number of esters is 2. The minimum Gasteiger partial charge on any atom is -0.463 e. The highest BCUT2D eigenvalue weighted by Gasteiger charge is 2.41. The van der Waals surface area contributed by atoms with Gasteiger partial charge in [-0.2, -0.15) is 0 Å². The van der Waals surface area contributed by atoms with Crippen LogP contribution < -0.4 is 0 Å². The summed E-state index contributed by atoms with van der Waals surface area (Å²) in [6, 6.07) is 17.5. The van der Waals surface area contributed by atoms with Crippen molar-refractivity contribution in [3.63, 3.8) is 0 Å². The Hall–Kier alpha value is -3.35. The van der Waals surface area contributed by atoms with Gasteiger partial charge in [0, 0.05) is 12.5 Å². The third-order valence-corrected chi connectivity index (χ3v) is 19.6. The van der Waals surface area contributed by atoms with Gasteiger partial charge in [-0.05, 0) is 99.1 Å². The summed E-state index contributed by atoms with van der Waals surface area (Å²) in [6.07, 6.45) is 16.9. The second kappa shape index (κ2) is 22.4. The predicted molar refractivity (Wildman–Crippen MR) is 232 cm³/mol. The lowest BCUT2D eigenvalue weighted by Crippen LogP contribution is -2.42. The normalized spacial score (nSPS) is 15.5. The number of ether oxygens (including phenoxy) is 2.